The fourth-order valence-corrected chi connectivity index (χ4v) is 0. The van der Waals surface area contributed by atoms with E-state index in [2.05, 4.69) is 0 Å². The summed E-state index contributed by atoms with van der Waals surface area (Å²) in [6, 6.07) is 0. The van der Waals surface area contributed by atoms with E-state index in [1.165, 1.54) is 0 Å². The van der Waals surface area contributed by atoms with Crippen LogP contribution in [0.25, 0.3) is 0 Å². The maximum absolute atomic E-state index is 8.93. The topological polar surface area (TPSA) is 69.2 Å². The summed E-state index contributed by atoms with van der Waals surface area (Å²) >= 11 is 0. The summed E-state index contributed by atoms with van der Waals surface area (Å²) in [5.74, 6) is 0. The van der Waals surface area contributed by atoms with Gasteiger partial charge in [0.05, 0.1) is 0 Å². The molecule has 0 radical (unpaired) electrons. The molecule has 0 bridgehead atoms. The van der Waals surface area contributed by atoms with Crippen molar-refractivity contribution in [1.82, 2.24) is 0 Å². The Kier molecular flexibility index (Phi) is 188. The van der Waals surface area contributed by atoms with Crippen LogP contribution < -0.4 is 15.3 Å². The third-order valence-corrected chi connectivity index (χ3v) is 0. The maximum atomic E-state index is 8.93. The molecule has 0 unspecified atom stereocenters. The average Bonchev–Trinajstić information content (AvgIpc) is 1.70. The molecule has 0 atom stereocenters. The molecule has 0 fully saturated rings. The van der Waals surface area contributed by atoms with Crippen molar-refractivity contribution in [3.63, 3.8) is 0 Å². The summed E-state index contributed by atoms with van der Waals surface area (Å²) in [4.78, 5) is 0. The normalized spacial score (nSPS) is 4.91. The van der Waals surface area contributed by atoms with Crippen molar-refractivity contribution in [3.05, 3.63) is 0 Å². The van der Waals surface area contributed by atoms with Crippen molar-refractivity contribution in [1.29, 1.82) is 0 Å². The zero-order chi connectivity index (χ0) is 8.12. The van der Waals surface area contributed by atoms with Crippen molar-refractivity contribution in [2.45, 2.75) is 20.8 Å². The first-order chi connectivity index (χ1) is 4.24. The van der Waals surface area contributed by atoms with Crippen molar-refractivity contribution in [2.75, 3.05) is 19.8 Å². The molecule has 0 heterocycles. The van der Waals surface area contributed by atoms with Crippen LogP contribution >= 0.6 is 0 Å². The van der Waals surface area contributed by atoms with Gasteiger partial charge in [-0.3, -0.25) is 0 Å². The Morgan fingerprint density at radius 2 is 0.727 bits per heavy atom. The van der Waals surface area contributed by atoms with E-state index in [-0.39, 0.29) is 54.5 Å². The standard InChI is InChI=1S/3C2H5O.2Al.3H/c3*1-2-3;;;;;/h3*2H2,1H3;;;;;/q3*-1;;+3;;;. The van der Waals surface area contributed by atoms with Gasteiger partial charge in [0.2, 0.25) is 0 Å². The van der Waals surface area contributed by atoms with Crippen LogP contribution in [-0.4, -0.2) is 54.5 Å². The minimum Gasteiger partial charge on any atom is -0.855 e. The zero-order valence-electron chi connectivity index (χ0n) is 6.92. The number of hydrogen-bond acceptors (Lipinski definition) is 3. The second-order valence-electron chi connectivity index (χ2n) is 0.866. The Morgan fingerprint density at radius 3 is 0.727 bits per heavy atom. The maximum Gasteiger partial charge on any atom is 3.00 e. The molecule has 0 aliphatic heterocycles. The molecule has 0 spiro atoms. The van der Waals surface area contributed by atoms with E-state index >= 15 is 0 Å². The third-order valence-electron chi connectivity index (χ3n) is 0. The van der Waals surface area contributed by atoms with Crippen LogP contribution in [0.2, 0.25) is 0 Å². The Morgan fingerprint density at radius 1 is 0.727 bits per heavy atom. The first-order valence-corrected chi connectivity index (χ1v) is 2.99. The minimum atomic E-state index is 0. The van der Waals surface area contributed by atoms with E-state index in [4.69, 9.17) is 15.3 Å². The molecule has 0 N–H and O–H groups in total. The second-order valence-corrected chi connectivity index (χ2v) is 0.866. The predicted octanol–water partition coefficient (Wildman–Crippen LogP) is -3.46. The molecular formula is C6H18Al2O3. The predicted molar refractivity (Wildman–Crippen MR) is 47.3 cm³/mol. The molecule has 0 saturated carbocycles. The summed E-state index contributed by atoms with van der Waals surface area (Å²) in [6.45, 7) is 4.71. The van der Waals surface area contributed by atoms with Gasteiger partial charge in [-0.05, 0) is 0 Å². The molecule has 0 aliphatic rings. The molecule has 5 heteroatoms. The molecule has 3 nitrogen and oxygen atoms in total. The summed E-state index contributed by atoms with van der Waals surface area (Å²) in [7, 11) is 0. The first kappa shape index (κ1) is 29.7. The van der Waals surface area contributed by atoms with Crippen LogP contribution in [0, 0.1) is 0 Å². The average molecular weight is 192 g/mol. The van der Waals surface area contributed by atoms with Crippen LogP contribution in [0.15, 0.2) is 0 Å². The van der Waals surface area contributed by atoms with E-state index < -0.39 is 0 Å². The van der Waals surface area contributed by atoms with E-state index in [1.54, 1.807) is 20.8 Å². The van der Waals surface area contributed by atoms with E-state index in [9.17, 15) is 0 Å². The van der Waals surface area contributed by atoms with Crippen LogP contribution in [0.4, 0.5) is 0 Å². The summed E-state index contributed by atoms with van der Waals surface area (Å²) in [5.41, 5.74) is 0. The molecule has 11 heavy (non-hydrogen) atoms. The largest absolute Gasteiger partial charge is 3.00 e. The SMILES string of the molecule is CC[O-].CC[O-].CC[O-].[Al+3].[AlH3]. The van der Waals surface area contributed by atoms with Crippen LogP contribution in [0.5, 0.6) is 0 Å². The molecule has 0 aromatic rings. The monoisotopic (exact) mass is 192 g/mol. The fourth-order valence-electron chi connectivity index (χ4n) is 0. The molecule has 0 saturated heterocycles. The second kappa shape index (κ2) is 69.6. The smallest absolute Gasteiger partial charge is 0.855 e. The van der Waals surface area contributed by atoms with Gasteiger partial charge in [-0.15, -0.1) is 19.8 Å². The van der Waals surface area contributed by atoms with Gasteiger partial charge < -0.3 is 15.3 Å². The number of rotatable bonds is 0. The van der Waals surface area contributed by atoms with Crippen LogP contribution in [0.3, 0.4) is 0 Å². The Balaban J connectivity index is -0.0000000150. The Bertz CT molecular complexity index is 20.5. The molecule has 0 aromatic carbocycles. The summed E-state index contributed by atoms with van der Waals surface area (Å²) in [6.07, 6.45) is 0. The summed E-state index contributed by atoms with van der Waals surface area (Å²) in [5, 5.41) is 26.8. The van der Waals surface area contributed by atoms with Crippen LogP contribution in [0.1, 0.15) is 20.8 Å². The minimum absolute atomic E-state index is 0. The van der Waals surface area contributed by atoms with Crippen molar-refractivity contribution >= 4 is 34.7 Å². The molecule has 0 aromatic heterocycles. The van der Waals surface area contributed by atoms with Gasteiger partial charge in [0.25, 0.3) is 0 Å². The Hall–Kier alpha value is 0.945. The quantitative estimate of drug-likeness (QED) is 0.374. The fraction of sp³-hybridized carbons (Fsp3) is 1.00. The Labute approximate surface area is 90.7 Å². The molecular weight excluding hydrogens is 174 g/mol. The molecule has 0 rings (SSSR count). The zero-order valence-corrected chi connectivity index (χ0v) is 8.08. The van der Waals surface area contributed by atoms with Gasteiger partial charge in [-0.25, -0.2) is 0 Å². The third kappa shape index (κ3) is 981. The van der Waals surface area contributed by atoms with Crippen molar-refractivity contribution in [3.8, 4) is 0 Å². The van der Waals surface area contributed by atoms with Gasteiger partial charge in [-0.2, -0.15) is 0 Å². The molecule has 0 amide bonds. The van der Waals surface area contributed by atoms with Crippen LogP contribution in [-0.2, 0) is 0 Å². The summed E-state index contributed by atoms with van der Waals surface area (Å²) < 4.78 is 0. The molecule has 0 aliphatic carbocycles. The molecule has 66 valence electrons. The van der Waals surface area contributed by atoms with E-state index in [0.29, 0.717) is 0 Å². The first-order valence-electron chi connectivity index (χ1n) is 2.99. The van der Waals surface area contributed by atoms with Gasteiger partial charge in [0, 0.05) is 0 Å². The van der Waals surface area contributed by atoms with Gasteiger partial charge in [0.15, 0.2) is 17.4 Å². The van der Waals surface area contributed by atoms with E-state index in [1.807, 2.05) is 0 Å². The van der Waals surface area contributed by atoms with Gasteiger partial charge in [-0.1, -0.05) is 20.8 Å². The van der Waals surface area contributed by atoms with Gasteiger partial charge in [0.1, 0.15) is 0 Å². The number of hydrogen-bond donors (Lipinski definition) is 0. The van der Waals surface area contributed by atoms with Gasteiger partial charge >= 0.3 is 17.4 Å². The van der Waals surface area contributed by atoms with Crippen molar-refractivity contribution in [2.24, 2.45) is 0 Å². The van der Waals surface area contributed by atoms with Crippen molar-refractivity contribution < 1.29 is 15.3 Å². The van der Waals surface area contributed by atoms with E-state index in [0.717, 1.165) is 0 Å².